The smallest absolute Gasteiger partial charge is 0.151 e. The Morgan fingerprint density at radius 2 is 2.03 bits per heavy atom. The van der Waals surface area contributed by atoms with Crippen LogP contribution in [0.3, 0.4) is 0 Å². The Labute approximate surface area is 185 Å². The SMILES string of the molecule is COCC(CCCCCSc1ccc(Cl)cc1Cl)n1cnc2c(N)ncc(C)c21. The molecule has 1 unspecified atom stereocenters. The van der Waals surface area contributed by atoms with Gasteiger partial charge in [0.1, 0.15) is 5.52 Å². The maximum Gasteiger partial charge on any atom is 0.151 e. The van der Waals surface area contributed by atoms with Crippen LogP contribution in [0.4, 0.5) is 5.82 Å². The van der Waals surface area contributed by atoms with Gasteiger partial charge in [-0.05, 0) is 49.3 Å². The number of hydrogen-bond donors (Lipinski definition) is 1. The first-order valence-corrected chi connectivity index (χ1v) is 11.4. The van der Waals surface area contributed by atoms with Gasteiger partial charge < -0.3 is 15.0 Å². The molecule has 3 aromatic rings. The van der Waals surface area contributed by atoms with Crippen molar-refractivity contribution in [1.29, 1.82) is 0 Å². The fraction of sp³-hybridized carbons (Fsp3) is 0.429. The summed E-state index contributed by atoms with van der Waals surface area (Å²) in [7, 11) is 1.74. The second-order valence-corrected chi connectivity index (χ2v) is 9.04. The second-order valence-electron chi connectivity index (χ2n) is 7.06. The lowest BCUT2D eigenvalue weighted by Gasteiger charge is -2.19. The van der Waals surface area contributed by atoms with Gasteiger partial charge in [-0.15, -0.1) is 11.8 Å². The number of nitrogens with two attached hydrogens (primary N) is 1. The quantitative estimate of drug-likeness (QED) is 0.294. The number of benzene rings is 1. The zero-order valence-corrected chi connectivity index (χ0v) is 19.0. The Morgan fingerprint density at radius 1 is 1.21 bits per heavy atom. The zero-order chi connectivity index (χ0) is 20.8. The summed E-state index contributed by atoms with van der Waals surface area (Å²) in [5.41, 5.74) is 8.88. The molecule has 0 amide bonds. The highest BCUT2D eigenvalue weighted by atomic mass is 35.5. The number of aryl methyl sites for hydroxylation is 1. The van der Waals surface area contributed by atoms with Crippen molar-refractivity contribution in [2.24, 2.45) is 0 Å². The van der Waals surface area contributed by atoms with Crippen LogP contribution in [0, 0.1) is 6.92 Å². The van der Waals surface area contributed by atoms with Crippen LogP contribution in [-0.2, 0) is 4.74 Å². The van der Waals surface area contributed by atoms with E-state index in [1.807, 2.05) is 25.4 Å². The van der Waals surface area contributed by atoms with Crippen molar-refractivity contribution in [1.82, 2.24) is 14.5 Å². The third kappa shape index (κ3) is 5.57. The summed E-state index contributed by atoms with van der Waals surface area (Å²) in [4.78, 5) is 9.77. The molecule has 2 aromatic heterocycles. The van der Waals surface area contributed by atoms with E-state index in [2.05, 4.69) is 14.5 Å². The molecule has 2 heterocycles. The zero-order valence-electron chi connectivity index (χ0n) is 16.7. The van der Waals surface area contributed by atoms with E-state index >= 15 is 0 Å². The summed E-state index contributed by atoms with van der Waals surface area (Å²) in [5, 5.41) is 1.39. The number of fused-ring (bicyclic) bond motifs is 1. The Morgan fingerprint density at radius 3 is 2.79 bits per heavy atom. The van der Waals surface area contributed by atoms with Gasteiger partial charge in [0.15, 0.2) is 5.82 Å². The first-order valence-electron chi connectivity index (χ1n) is 9.65. The molecule has 0 bridgehead atoms. The molecule has 0 fully saturated rings. The largest absolute Gasteiger partial charge is 0.383 e. The first-order chi connectivity index (χ1) is 14.0. The van der Waals surface area contributed by atoms with Crippen LogP contribution < -0.4 is 5.73 Å². The number of nitrogen functional groups attached to an aromatic ring is 1. The Balaban J connectivity index is 1.53. The molecule has 0 saturated carbocycles. The van der Waals surface area contributed by atoms with Crippen molar-refractivity contribution in [3.63, 3.8) is 0 Å². The van der Waals surface area contributed by atoms with Crippen molar-refractivity contribution in [2.45, 2.75) is 43.5 Å². The number of anilines is 1. The van der Waals surface area contributed by atoms with Gasteiger partial charge in [0.2, 0.25) is 0 Å². The summed E-state index contributed by atoms with van der Waals surface area (Å²) in [6, 6.07) is 5.88. The number of imidazole rings is 1. The van der Waals surface area contributed by atoms with Gasteiger partial charge >= 0.3 is 0 Å². The molecular formula is C21H26Cl2N4OS. The van der Waals surface area contributed by atoms with Gasteiger partial charge in [0.25, 0.3) is 0 Å². The number of rotatable bonds is 10. The molecule has 0 radical (unpaired) electrons. The third-order valence-corrected chi connectivity index (χ3v) is 6.71. The van der Waals surface area contributed by atoms with Gasteiger partial charge in [-0.3, -0.25) is 0 Å². The fourth-order valence-corrected chi connectivity index (χ4v) is 4.93. The fourth-order valence-electron chi connectivity index (χ4n) is 3.43. The van der Waals surface area contributed by atoms with Crippen LogP contribution in [0.2, 0.25) is 10.0 Å². The summed E-state index contributed by atoms with van der Waals surface area (Å²) in [6.07, 6.45) is 8.07. The number of ether oxygens (including phenoxy) is 1. The van der Waals surface area contributed by atoms with E-state index in [4.69, 9.17) is 33.7 Å². The highest BCUT2D eigenvalue weighted by molar-refractivity contribution is 7.99. The van der Waals surface area contributed by atoms with Gasteiger partial charge in [0, 0.05) is 23.2 Å². The predicted molar refractivity (Wildman–Crippen MR) is 123 cm³/mol. The lowest BCUT2D eigenvalue weighted by molar-refractivity contribution is 0.151. The molecule has 0 spiro atoms. The standard InChI is InChI=1S/C21H26Cl2N4OS/c1-14-11-25-21(24)19-20(14)27(13-26-19)16(12-28-2)6-4-3-5-9-29-18-8-7-15(22)10-17(18)23/h7-8,10-11,13,16H,3-6,9,12H2,1-2H3,(H2,24,25). The summed E-state index contributed by atoms with van der Waals surface area (Å²) >= 11 is 14.0. The molecule has 0 aliphatic carbocycles. The molecule has 8 heteroatoms. The van der Waals surface area contributed by atoms with Gasteiger partial charge in [-0.1, -0.05) is 36.0 Å². The predicted octanol–water partition coefficient (Wildman–Crippen LogP) is 6.17. The van der Waals surface area contributed by atoms with Crippen LogP contribution >= 0.6 is 35.0 Å². The summed E-state index contributed by atoms with van der Waals surface area (Å²) in [6.45, 7) is 2.68. The molecule has 29 heavy (non-hydrogen) atoms. The molecular weight excluding hydrogens is 427 g/mol. The third-order valence-electron chi connectivity index (χ3n) is 4.89. The van der Waals surface area contributed by atoms with E-state index < -0.39 is 0 Å². The van der Waals surface area contributed by atoms with Crippen molar-refractivity contribution in [3.05, 3.63) is 46.3 Å². The van der Waals surface area contributed by atoms with E-state index in [0.29, 0.717) is 17.4 Å². The molecule has 5 nitrogen and oxygen atoms in total. The number of thioether (sulfide) groups is 1. The normalized spacial score (nSPS) is 12.6. The Kier molecular flexibility index (Phi) is 8.07. The maximum absolute atomic E-state index is 6.23. The number of unbranched alkanes of at least 4 members (excludes halogenated alkanes) is 2. The average Bonchev–Trinajstić information content (AvgIpc) is 3.14. The van der Waals surface area contributed by atoms with Gasteiger partial charge in [-0.25, -0.2) is 9.97 Å². The number of nitrogens with zero attached hydrogens (tertiary/aromatic N) is 3. The highest BCUT2D eigenvalue weighted by Crippen LogP contribution is 2.31. The summed E-state index contributed by atoms with van der Waals surface area (Å²) < 4.78 is 7.67. The van der Waals surface area contributed by atoms with E-state index in [1.54, 1.807) is 31.1 Å². The highest BCUT2D eigenvalue weighted by Gasteiger charge is 2.17. The monoisotopic (exact) mass is 452 g/mol. The van der Waals surface area contributed by atoms with E-state index in [0.717, 1.165) is 58.0 Å². The van der Waals surface area contributed by atoms with Crippen molar-refractivity contribution in [3.8, 4) is 0 Å². The molecule has 0 saturated heterocycles. The Hall–Kier alpha value is -1.47. The average molecular weight is 453 g/mol. The Bertz CT molecular complexity index is 963. The minimum Gasteiger partial charge on any atom is -0.383 e. The minimum atomic E-state index is 0.226. The van der Waals surface area contributed by atoms with Crippen molar-refractivity contribution < 1.29 is 4.74 Å². The minimum absolute atomic E-state index is 0.226. The van der Waals surface area contributed by atoms with E-state index in [-0.39, 0.29) is 6.04 Å². The van der Waals surface area contributed by atoms with E-state index in [1.165, 1.54) is 0 Å². The first kappa shape index (κ1) is 22.2. The molecule has 2 N–H and O–H groups in total. The van der Waals surface area contributed by atoms with Crippen LogP contribution in [0.15, 0.2) is 35.6 Å². The van der Waals surface area contributed by atoms with Crippen molar-refractivity contribution in [2.75, 3.05) is 25.2 Å². The molecule has 0 aliphatic heterocycles. The molecule has 1 aromatic carbocycles. The second kappa shape index (κ2) is 10.5. The summed E-state index contributed by atoms with van der Waals surface area (Å²) in [5.74, 6) is 1.50. The lowest BCUT2D eigenvalue weighted by atomic mass is 10.1. The maximum atomic E-state index is 6.23. The van der Waals surface area contributed by atoms with Gasteiger partial charge in [-0.2, -0.15) is 0 Å². The molecule has 156 valence electrons. The number of methoxy groups -OCH3 is 1. The van der Waals surface area contributed by atoms with Crippen molar-refractivity contribution >= 4 is 51.8 Å². The number of aromatic nitrogens is 3. The van der Waals surface area contributed by atoms with Crippen LogP contribution in [0.25, 0.3) is 11.0 Å². The number of hydrogen-bond acceptors (Lipinski definition) is 5. The molecule has 0 aliphatic rings. The van der Waals surface area contributed by atoms with Gasteiger partial charge in [0.05, 0.1) is 29.5 Å². The number of pyridine rings is 1. The van der Waals surface area contributed by atoms with Crippen LogP contribution in [0.5, 0.6) is 0 Å². The van der Waals surface area contributed by atoms with Crippen LogP contribution in [0.1, 0.15) is 37.3 Å². The molecule has 3 rings (SSSR count). The molecule has 1 atom stereocenters. The van der Waals surface area contributed by atoms with E-state index in [9.17, 15) is 0 Å². The lowest BCUT2D eigenvalue weighted by Crippen LogP contribution is -2.14. The topological polar surface area (TPSA) is 66.0 Å². The van der Waals surface area contributed by atoms with Crippen LogP contribution in [-0.4, -0.2) is 34.0 Å². The number of halogens is 2.